The summed E-state index contributed by atoms with van der Waals surface area (Å²) >= 11 is 0. The normalized spacial score (nSPS) is 21.1. The Hall–Kier alpha value is -0.610. The third kappa shape index (κ3) is 5.91. The molecule has 0 bridgehead atoms. The quantitative estimate of drug-likeness (QED) is 0.719. The summed E-state index contributed by atoms with van der Waals surface area (Å²) in [7, 11) is 1.47. The van der Waals surface area contributed by atoms with Gasteiger partial charge in [-0.1, -0.05) is 20.8 Å². The molecule has 112 valence electrons. The largest absolute Gasteiger partial charge is 0.468 e. The molecule has 0 aliphatic carbocycles. The summed E-state index contributed by atoms with van der Waals surface area (Å²) in [4.78, 5) is 14.2. The maximum absolute atomic E-state index is 11.7. The second kappa shape index (κ2) is 7.85. The number of piperidine rings is 1. The molecule has 4 nitrogen and oxygen atoms in total. The zero-order valence-electron chi connectivity index (χ0n) is 13.0. The topological polar surface area (TPSA) is 41.6 Å². The van der Waals surface area contributed by atoms with Crippen molar-refractivity contribution in [3.63, 3.8) is 0 Å². The van der Waals surface area contributed by atoms with Gasteiger partial charge in [0.15, 0.2) is 0 Å². The number of methoxy groups -OCH3 is 1. The molecule has 0 radical (unpaired) electrons. The van der Waals surface area contributed by atoms with E-state index >= 15 is 0 Å². The Morgan fingerprint density at radius 1 is 1.47 bits per heavy atom. The van der Waals surface area contributed by atoms with Gasteiger partial charge in [0, 0.05) is 13.1 Å². The monoisotopic (exact) mass is 270 g/mol. The fraction of sp³-hybridized carbons (Fsp3) is 0.933. The van der Waals surface area contributed by atoms with Crippen LogP contribution in [0, 0.1) is 5.41 Å². The van der Waals surface area contributed by atoms with Crippen molar-refractivity contribution in [3.05, 3.63) is 0 Å². The van der Waals surface area contributed by atoms with Crippen molar-refractivity contribution < 1.29 is 9.53 Å². The molecule has 1 atom stereocenters. The lowest BCUT2D eigenvalue weighted by molar-refractivity contribution is -0.143. The summed E-state index contributed by atoms with van der Waals surface area (Å²) in [6.45, 7) is 10.9. The van der Waals surface area contributed by atoms with Crippen LogP contribution in [0.4, 0.5) is 0 Å². The summed E-state index contributed by atoms with van der Waals surface area (Å²) < 4.78 is 4.87. The first-order valence-electron chi connectivity index (χ1n) is 7.52. The van der Waals surface area contributed by atoms with Gasteiger partial charge in [0.2, 0.25) is 0 Å². The van der Waals surface area contributed by atoms with Crippen LogP contribution in [-0.2, 0) is 9.53 Å². The minimum absolute atomic E-state index is 0.135. The van der Waals surface area contributed by atoms with E-state index in [1.807, 2.05) is 0 Å². The van der Waals surface area contributed by atoms with Crippen molar-refractivity contribution in [2.45, 2.75) is 52.5 Å². The number of carbonyl (C=O) groups excluding carboxylic acids is 1. The molecule has 0 aromatic heterocycles. The number of nitrogens with zero attached hydrogens (tertiary/aromatic N) is 1. The summed E-state index contributed by atoms with van der Waals surface area (Å²) in [6, 6.07) is -0.157. The predicted molar refractivity (Wildman–Crippen MR) is 78.2 cm³/mol. The maximum atomic E-state index is 11.7. The number of likely N-dealkylation sites (tertiary alicyclic amines) is 1. The van der Waals surface area contributed by atoms with E-state index in [1.54, 1.807) is 0 Å². The zero-order valence-corrected chi connectivity index (χ0v) is 13.0. The molecule has 1 rings (SSSR count). The average molecular weight is 270 g/mol. The van der Waals surface area contributed by atoms with E-state index in [-0.39, 0.29) is 12.0 Å². The Kier molecular flexibility index (Phi) is 6.80. The Morgan fingerprint density at radius 2 is 2.21 bits per heavy atom. The van der Waals surface area contributed by atoms with Crippen molar-refractivity contribution >= 4 is 5.97 Å². The highest BCUT2D eigenvalue weighted by atomic mass is 16.5. The van der Waals surface area contributed by atoms with E-state index in [2.05, 4.69) is 31.0 Å². The average Bonchev–Trinajstić information content (AvgIpc) is 2.37. The molecule has 1 N–H and O–H groups in total. The van der Waals surface area contributed by atoms with Gasteiger partial charge in [0.05, 0.1) is 7.11 Å². The van der Waals surface area contributed by atoms with Crippen LogP contribution in [0.2, 0.25) is 0 Å². The van der Waals surface area contributed by atoms with Crippen molar-refractivity contribution in [3.8, 4) is 0 Å². The molecular weight excluding hydrogens is 240 g/mol. The minimum atomic E-state index is -0.157. The van der Waals surface area contributed by atoms with Gasteiger partial charge in [-0.05, 0) is 44.2 Å². The number of hydrogen-bond donors (Lipinski definition) is 1. The Balaban J connectivity index is 2.40. The Morgan fingerprint density at radius 3 is 2.79 bits per heavy atom. The van der Waals surface area contributed by atoms with Crippen LogP contribution in [0.5, 0.6) is 0 Å². The van der Waals surface area contributed by atoms with Crippen LogP contribution < -0.4 is 5.32 Å². The number of carbonyl (C=O) groups is 1. The van der Waals surface area contributed by atoms with E-state index in [0.29, 0.717) is 5.41 Å². The van der Waals surface area contributed by atoms with Crippen molar-refractivity contribution in [1.82, 2.24) is 10.2 Å². The van der Waals surface area contributed by atoms with Gasteiger partial charge < -0.3 is 15.0 Å². The lowest BCUT2D eigenvalue weighted by Crippen LogP contribution is -2.44. The highest BCUT2D eigenvalue weighted by Crippen LogP contribution is 2.28. The highest BCUT2D eigenvalue weighted by molar-refractivity contribution is 5.75. The van der Waals surface area contributed by atoms with Crippen molar-refractivity contribution in [1.29, 1.82) is 0 Å². The van der Waals surface area contributed by atoms with Gasteiger partial charge in [-0.3, -0.25) is 4.79 Å². The standard InChI is InChI=1S/C15H30N2O2/c1-5-9-16-13(14(18)19-4)7-11-17-10-6-8-15(2,3)12-17/h13,16H,5-12H2,1-4H3. The molecule has 0 aromatic carbocycles. The number of rotatable bonds is 7. The molecule has 1 heterocycles. The second-order valence-electron chi connectivity index (χ2n) is 6.36. The van der Waals surface area contributed by atoms with Crippen LogP contribution in [0.15, 0.2) is 0 Å². The van der Waals surface area contributed by atoms with Crippen LogP contribution in [0.1, 0.15) is 46.5 Å². The number of hydrogen-bond acceptors (Lipinski definition) is 4. The molecule has 19 heavy (non-hydrogen) atoms. The number of ether oxygens (including phenoxy) is 1. The molecule has 0 spiro atoms. The van der Waals surface area contributed by atoms with Gasteiger partial charge in [-0.25, -0.2) is 0 Å². The number of esters is 1. The van der Waals surface area contributed by atoms with Crippen molar-refractivity contribution in [2.24, 2.45) is 5.41 Å². The fourth-order valence-electron chi connectivity index (χ4n) is 2.81. The highest BCUT2D eigenvalue weighted by Gasteiger charge is 2.27. The van der Waals surface area contributed by atoms with Crippen LogP contribution in [0.3, 0.4) is 0 Å². The molecule has 1 aliphatic heterocycles. The van der Waals surface area contributed by atoms with E-state index < -0.39 is 0 Å². The first-order valence-corrected chi connectivity index (χ1v) is 7.52. The van der Waals surface area contributed by atoms with Gasteiger partial charge in [-0.15, -0.1) is 0 Å². The molecule has 1 saturated heterocycles. The lowest BCUT2D eigenvalue weighted by atomic mass is 9.84. The van der Waals surface area contributed by atoms with E-state index in [0.717, 1.165) is 39.0 Å². The van der Waals surface area contributed by atoms with Gasteiger partial charge in [0.1, 0.15) is 6.04 Å². The minimum Gasteiger partial charge on any atom is -0.468 e. The lowest BCUT2D eigenvalue weighted by Gasteiger charge is -2.38. The van der Waals surface area contributed by atoms with Crippen LogP contribution >= 0.6 is 0 Å². The molecule has 1 fully saturated rings. The second-order valence-corrected chi connectivity index (χ2v) is 6.36. The molecule has 0 amide bonds. The van der Waals surface area contributed by atoms with Crippen LogP contribution in [0.25, 0.3) is 0 Å². The van der Waals surface area contributed by atoms with E-state index in [4.69, 9.17) is 4.74 Å². The Bertz CT molecular complexity index is 279. The van der Waals surface area contributed by atoms with Gasteiger partial charge in [0.25, 0.3) is 0 Å². The molecule has 0 saturated carbocycles. The smallest absolute Gasteiger partial charge is 0.322 e. The summed E-state index contributed by atoms with van der Waals surface area (Å²) in [6.07, 6.45) is 4.43. The predicted octanol–water partition coefficient (Wildman–Crippen LogP) is 2.04. The SMILES string of the molecule is CCCNC(CCN1CCCC(C)(C)C1)C(=O)OC. The molecular formula is C15H30N2O2. The molecule has 0 aromatic rings. The van der Waals surface area contributed by atoms with Gasteiger partial charge in [-0.2, -0.15) is 0 Å². The fourth-order valence-corrected chi connectivity index (χ4v) is 2.81. The first kappa shape index (κ1) is 16.4. The third-order valence-electron chi connectivity index (χ3n) is 3.84. The van der Waals surface area contributed by atoms with Crippen LogP contribution in [-0.4, -0.2) is 50.2 Å². The third-order valence-corrected chi connectivity index (χ3v) is 3.84. The first-order chi connectivity index (χ1) is 8.98. The molecule has 4 heteroatoms. The molecule has 1 aliphatic rings. The summed E-state index contributed by atoms with van der Waals surface area (Å²) in [5, 5.41) is 3.28. The van der Waals surface area contributed by atoms with E-state index in [1.165, 1.54) is 20.0 Å². The maximum Gasteiger partial charge on any atom is 0.322 e. The van der Waals surface area contributed by atoms with Gasteiger partial charge >= 0.3 is 5.97 Å². The summed E-state index contributed by atoms with van der Waals surface area (Å²) in [5.41, 5.74) is 0.413. The zero-order chi connectivity index (χ0) is 14.3. The summed E-state index contributed by atoms with van der Waals surface area (Å²) in [5.74, 6) is -0.135. The molecule has 1 unspecified atom stereocenters. The van der Waals surface area contributed by atoms with Crippen molar-refractivity contribution in [2.75, 3.05) is 33.3 Å². The number of nitrogens with one attached hydrogen (secondary N) is 1. The van der Waals surface area contributed by atoms with E-state index in [9.17, 15) is 4.79 Å². The Labute approximate surface area is 117 Å².